The summed E-state index contributed by atoms with van der Waals surface area (Å²) in [7, 11) is -4.78. The van der Waals surface area contributed by atoms with Gasteiger partial charge in [0.15, 0.2) is 6.10 Å². The van der Waals surface area contributed by atoms with Gasteiger partial charge >= 0.3 is 25.7 Å². The first-order valence-electron chi connectivity index (χ1n) is 23.2. The van der Waals surface area contributed by atoms with E-state index < -0.39 is 57.7 Å². The summed E-state index contributed by atoms with van der Waals surface area (Å²) in [5.41, 5.74) is 5.33. The van der Waals surface area contributed by atoms with E-state index in [2.05, 4.69) is 140 Å². The Bertz CT molecular complexity index is 1760. The Hall–Kier alpha value is -5.16. The fraction of sp³-hybridized carbons (Fsp3) is 0.426. The summed E-state index contributed by atoms with van der Waals surface area (Å²) in [5.74, 6) is -2.73. The number of aliphatic carboxylic acids is 1. The molecule has 0 rings (SSSR count). The van der Waals surface area contributed by atoms with Crippen molar-refractivity contribution in [3.63, 3.8) is 0 Å². The van der Waals surface area contributed by atoms with Crippen LogP contribution < -0.4 is 5.73 Å². The minimum absolute atomic E-state index is 0.0455. The summed E-state index contributed by atoms with van der Waals surface area (Å²) in [6, 6.07) is -1.56. The lowest BCUT2D eigenvalue weighted by Gasteiger charge is -2.20. The van der Waals surface area contributed by atoms with Gasteiger partial charge in [-0.1, -0.05) is 184 Å². The quantitative estimate of drug-likeness (QED) is 0.0303. The van der Waals surface area contributed by atoms with Crippen molar-refractivity contribution in [2.45, 2.75) is 129 Å². The Morgan fingerprint density at radius 2 is 0.712 bits per heavy atom. The zero-order chi connectivity index (χ0) is 48.4. The van der Waals surface area contributed by atoms with Crippen molar-refractivity contribution in [1.82, 2.24) is 0 Å². The highest BCUT2D eigenvalue weighted by Crippen LogP contribution is 2.43. The standard InChI is InChI=1S/C54H78NO10P/c1-3-5-7-9-11-13-15-17-19-21-23-25-27-29-31-33-35-37-39-41-43-45-52(56)62-47-50(48-63-66(60,61)64-49-51(55)54(58)59)65-53(57)46-44-42-40-38-36-34-32-30-28-26-24-22-20-18-16-14-12-10-8-6-4-2/h5-8,11-14,17-20,23-26,29-32,35-38,41-44,50-51H,3-4,9-10,15-16,21-22,27-28,33-34,39-40,45-49,55H2,1-2H3,(H,58,59)(H,60,61)/t50-,51+/m1/s1. The maximum absolute atomic E-state index is 12.6. The molecule has 0 bridgehead atoms. The van der Waals surface area contributed by atoms with E-state index in [-0.39, 0.29) is 12.8 Å². The molecule has 0 aromatic rings. The summed E-state index contributed by atoms with van der Waals surface area (Å²) in [5, 5.41) is 8.90. The van der Waals surface area contributed by atoms with Gasteiger partial charge in [0.05, 0.1) is 26.1 Å². The van der Waals surface area contributed by atoms with Crippen LogP contribution in [0.2, 0.25) is 0 Å². The number of carbonyl (C=O) groups is 3. The third-order valence-electron chi connectivity index (χ3n) is 8.53. The molecule has 12 heteroatoms. The second kappa shape index (κ2) is 46.4. The van der Waals surface area contributed by atoms with Gasteiger partial charge in [0.2, 0.25) is 0 Å². The van der Waals surface area contributed by atoms with Crippen molar-refractivity contribution in [2.24, 2.45) is 5.73 Å². The highest BCUT2D eigenvalue weighted by atomic mass is 31.2. The number of hydrogen-bond donors (Lipinski definition) is 3. The number of carbonyl (C=O) groups excluding carboxylic acids is 2. The molecule has 0 heterocycles. The van der Waals surface area contributed by atoms with Crippen molar-refractivity contribution in [3.8, 4) is 0 Å². The first-order valence-corrected chi connectivity index (χ1v) is 24.7. The molecule has 0 saturated heterocycles. The number of carboxylic acids is 1. The van der Waals surface area contributed by atoms with Crippen LogP contribution in [-0.4, -0.2) is 59.9 Å². The molecule has 0 amide bonds. The lowest BCUT2D eigenvalue weighted by molar-refractivity contribution is -0.160. The first-order chi connectivity index (χ1) is 32.1. The SMILES string of the molecule is CCC=CCC=CCC=CCC=CCC=CCC=CCC=CCC(=O)OC[C@H](COP(=O)(O)OC[C@H](N)C(=O)O)OC(=O)CC=CCC=CCC=CCC=CCC=CCC=CCC=CCC. The molecule has 0 aliphatic heterocycles. The van der Waals surface area contributed by atoms with E-state index >= 15 is 0 Å². The zero-order valence-corrected chi connectivity index (χ0v) is 40.3. The normalized spacial score (nSPS) is 15.1. The average molecular weight is 932 g/mol. The van der Waals surface area contributed by atoms with Crippen molar-refractivity contribution in [3.05, 3.63) is 170 Å². The minimum atomic E-state index is -4.78. The molecular formula is C54H78NO10P. The van der Waals surface area contributed by atoms with E-state index in [0.717, 1.165) is 77.0 Å². The molecule has 0 fully saturated rings. The Morgan fingerprint density at radius 3 is 1.02 bits per heavy atom. The molecular weight excluding hydrogens is 854 g/mol. The second-order valence-electron chi connectivity index (χ2n) is 14.5. The third-order valence-corrected chi connectivity index (χ3v) is 9.48. The lowest BCUT2D eigenvalue weighted by Crippen LogP contribution is -2.34. The topological polar surface area (TPSA) is 172 Å². The number of hydrogen-bond acceptors (Lipinski definition) is 9. The summed E-state index contributed by atoms with van der Waals surface area (Å²) in [6.07, 6.45) is 69.0. The number of rotatable bonds is 40. The van der Waals surface area contributed by atoms with Crippen molar-refractivity contribution < 1.29 is 47.5 Å². The molecule has 364 valence electrons. The summed E-state index contributed by atoms with van der Waals surface area (Å²) in [4.78, 5) is 46.0. The van der Waals surface area contributed by atoms with Crippen LogP contribution in [0.1, 0.15) is 117 Å². The highest BCUT2D eigenvalue weighted by Gasteiger charge is 2.28. The molecule has 0 saturated carbocycles. The Kier molecular flexibility index (Phi) is 42.7. The van der Waals surface area contributed by atoms with Crippen LogP contribution >= 0.6 is 7.82 Å². The van der Waals surface area contributed by atoms with Crippen LogP contribution in [0, 0.1) is 0 Å². The van der Waals surface area contributed by atoms with Crippen LogP contribution in [0.15, 0.2) is 170 Å². The summed E-state index contributed by atoms with van der Waals surface area (Å²) >= 11 is 0. The van der Waals surface area contributed by atoms with Crippen LogP contribution in [0.5, 0.6) is 0 Å². The molecule has 0 aliphatic carbocycles. The molecule has 0 aromatic carbocycles. The third kappa shape index (κ3) is 45.4. The smallest absolute Gasteiger partial charge is 0.472 e. The van der Waals surface area contributed by atoms with E-state index in [4.69, 9.17) is 24.8 Å². The molecule has 1 unspecified atom stereocenters. The van der Waals surface area contributed by atoms with Gasteiger partial charge in [0, 0.05) is 0 Å². The van der Waals surface area contributed by atoms with Gasteiger partial charge < -0.3 is 25.2 Å². The first kappa shape index (κ1) is 60.8. The molecule has 0 aromatic heterocycles. The van der Waals surface area contributed by atoms with E-state index in [1.54, 1.807) is 18.2 Å². The van der Waals surface area contributed by atoms with E-state index in [1.165, 1.54) is 0 Å². The van der Waals surface area contributed by atoms with Gasteiger partial charge in [-0.25, -0.2) is 4.57 Å². The van der Waals surface area contributed by atoms with Crippen molar-refractivity contribution in [2.75, 3.05) is 19.8 Å². The zero-order valence-electron chi connectivity index (χ0n) is 39.4. The highest BCUT2D eigenvalue weighted by molar-refractivity contribution is 7.47. The Morgan fingerprint density at radius 1 is 0.439 bits per heavy atom. The van der Waals surface area contributed by atoms with Crippen molar-refractivity contribution >= 4 is 25.7 Å². The van der Waals surface area contributed by atoms with E-state index in [9.17, 15) is 23.8 Å². The number of phosphoric acid groups is 1. The van der Waals surface area contributed by atoms with Gasteiger partial charge in [-0.15, -0.1) is 0 Å². The number of esters is 2. The fourth-order valence-corrected chi connectivity index (χ4v) is 5.78. The monoisotopic (exact) mass is 932 g/mol. The Balaban J connectivity index is 4.66. The Labute approximate surface area is 396 Å². The van der Waals surface area contributed by atoms with Gasteiger partial charge in [-0.05, 0) is 89.9 Å². The summed E-state index contributed by atoms with van der Waals surface area (Å²) < 4.78 is 32.5. The van der Waals surface area contributed by atoms with Crippen LogP contribution in [0.4, 0.5) is 0 Å². The molecule has 3 atom stereocenters. The largest absolute Gasteiger partial charge is 0.480 e. The predicted octanol–water partition coefficient (Wildman–Crippen LogP) is 13.1. The van der Waals surface area contributed by atoms with Gasteiger partial charge in [0.1, 0.15) is 12.6 Å². The van der Waals surface area contributed by atoms with Crippen LogP contribution in [-0.2, 0) is 37.5 Å². The van der Waals surface area contributed by atoms with Gasteiger partial charge in [-0.3, -0.25) is 23.4 Å². The van der Waals surface area contributed by atoms with Gasteiger partial charge in [0.25, 0.3) is 0 Å². The number of phosphoric ester groups is 1. The molecule has 0 spiro atoms. The van der Waals surface area contributed by atoms with E-state index in [0.29, 0.717) is 12.8 Å². The molecule has 0 aliphatic rings. The average Bonchev–Trinajstić information content (AvgIpc) is 3.30. The molecule has 0 radical (unpaired) electrons. The molecule has 66 heavy (non-hydrogen) atoms. The maximum Gasteiger partial charge on any atom is 0.472 e. The molecule has 11 nitrogen and oxygen atoms in total. The number of carboxylic acid groups (broad SMARTS) is 1. The van der Waals surface area contributed by atoms with Crippen molar-refractivity contribution in [1.29, 1.82) is 0 Å². The number of nitrogens with two attached hydrogens (primary N) is 1. The maximum atomic E-state index is 12.6. The van der Waals surface area contributed by atoms with Gasteiger partial charge in [-0.2, -0.15) is 0 Å². The van der Waals surface area contributed by atoms with Crippen LogP contribution in [0.3, 0.4) is 0 Å². The van der Waals surface area contributed by atoms with E-state index in [1.807, 2.05) is 30.4 Å². The summed E-state index contributed by atoms with van der Waals surface area (Å²) in [6.45, 7) is 2.34. The minimum Gasteiger partial charge on any atom is -0.480 e. The molecule has 4 N–H and O–H groups in total. The second-order valence-corrected chi connectivity index (χ2v) is 15.9. The number of allylic oxidation sites excluding steroid dienone is 26. The fourth-order valence-electron chi connectivity index (χ4n) is 5.00. The number of ether oxygens (including phenoxy) is 2. The predicted molar refractivity (Wildman–Crippen MR) is 271 cm³/mol. The van der Waals surface area contributed by atoms with Crippen LogP contribution in [0.25, 0.3) is 0 Å². The lowest BCUT2D eigenvalue weighted by atomic mass is 10.2.